The van der Waals surface area contributed by atoms with Crippen LogP contribution in [0, 0.1) is 11.8 Å². The Morgan fingerprint density at radius 2 is 0.956 bits per heavy atom. The second-order valence-corrected chi connectivity index (χ2v) is 51.0. The molecule has 1 aliphatic carbocycles. The van der Waals surface area contributed by atoms with Gasteiger partial charge in [-0.15, -0.1) is 0 Å². The first-order valence-electron chi connectivity index (χ1n) is 17.8. The van der Waals surface area contributed by atoms with Gasteiger partial charge in [0.1, 0.15) is 0 Å². The van der Waals surface area contributed by atoms with E-state index in [4.69, 9.17) is 0 Å². The zero-order valence-corrected chi connectivity index (χ0v) is 38.8. The van der Waals surface area contributed by atoms with Crippen LogP contribution in [0.2, 0.25) is 29.6 Å². The number of thiophene rings is 4. The van der Waals surface area contributed by atoms with Gasteiger partial charge >= 0.3 is 290 Å². The zero-order chi connectivity index (χ0) is 32.6. The van der Waals surface area contributed by atoms with E-state index in [9.17, 15) is 0 Å². The van der Waals surface area contributed by atoms with Crippen LogP contribution in [0.15, 0.2) is 36.4 Å². The molecule has 45 heavy (non-hydrogen) atoms. The van der Waals surface area contributed by atoms with Crippen LogP contribution in [-0.4, -0.2) is 36.8 Å². The van der Waals surface area contributed by atoms with E-state index in [-0.39, 0.29) is 5.41 Å². The van der Waals surface area contributed by atoms with Gasteiger partial charge in [0.2, 0.25) is 0 Å². The molecular weight excluding hydrogens is 834 g/mol. The summed E-state index contributed by atoms with van der Waals surface area (Å²) in [7, 11) is 0. The Bertz CT molecular complexity index is 1430. The van der Waals surface area contributed by atoms with Gasteiger partial charge in [0, 0.05) is 0 Å². The first kappa shape index (κ1) is 36.7. The molecule has 4 heterocycles. The molecule has 0 saturated heterocycles. The summed E-state index contributed by atoms with van der Waals surface area (Å²) in [5.74, 6) is 1.57. The fourth-order valence-corrected chi connectivity index (χ4v) is 22.8. The van der Waals surface area contributed by atoms with Crippen molar-refractivity contribution in [3.63, 3.8) is 0 Å². The van der Waals surface area contributed by atoms with Gasteiger partial charge in [-0.3, -0.25) is 0 Å². The molecule has 0 N–H and O–H groups in total. The molecule has 0 radical (unpaired) electrons. The van der Waals surface area contributed by atoms with Crippen LogP contribution in [0.1, 0.15) is 103 Å². The van der Waals surface area contributed by atoms with E-state index >= 15 is 0 Å². The summed E-state index contributed by atoms with van der Waals surface area (Å²) in [5.41, 5.74) is 3.54. The van der Waals surface area contributed by atoms with E-state index in [2.05, 4.69) is 139 Å². The van der Waals surface area contributed by atoms with E-state index in [1.54, 1.807) is 26.7 Å². The van der Waals surface area contributed by atoms with Crippen molar-refractivity contribution in [2.24, 2.45) is 11.8 Å². The van der Waals surface area contributed by atoms with Crippen LogP contribution in [0.4, 0.5) is 0 Å². The summed E-state index contributed by atoms with van der Waals surface area (Å²) in [6.45, 7) is 9.68. The topological polar surface area (TPSA) is 0 Å². The summed E-state index contributed by atoms with van der Waals surface area (Å²) in [6.07, 6.45) is 13.3. The molecule has 0 bridgehead atoms. The average molecular weight is 893 g/mol. The number of unbranched alkanes of at least 4 members (excludes halogenated alkanes) is 2. The molecule has 0 aromatic carbocycles. The maximum absolute atomic E-state index is 2.70. The van der Waals surface area contributed by atoms with Crippen LogP contribution in [-0.2, 0) is 5.41 Å². The maximum atomic E-state index is 2.70. The fraction of sp³-hybridized carbons (Fsp3) is 0.590. The monoisotopic (exact) mass is 894 g/mol. The second-order valence-electron chi connectivity index (χ2n) is 15.9. The van der Waals surface area contributed by atoms with Crippen molar-refractivity contribution in [2.75, 3.05) is 0 Å². The molecule has 0 nitrogen and oxygen atoms in total. The molecule has 0 fully saturated rings. The normalized spacial score (nSPS) is 15.8. The zero-order valence-electron chi connectivity index (χ0n) is 29.8. The third kappa shape index (κ3) is 7.92. The van der Waals surface area contributed by atoms with E-state index < -0.39 is 36.8 Å². The third-order valence-corrected chi connectivity index (χ3v) is 34.2. The molecule has 0 saturated carbocycles. The molecule has 5 rings (SSSR count). The van der Waals surface area contributed by atoms with Crippen LogP contribution in [0.3, 0.4) is 0 Å². The van der Waals surface area contributed by atoms with Gasteiger partial charge in [-0.1, -0.05) is 13.8 Å². The summed E-state index contributed by atoms with van der Waals surface area (Å²) >= 11 is 4.26. The molecule has 0 amide bonds. The van der Waals surface area contributed by atoms with Gasteiger partial charge in [0.25, 0.3) is 0 Å². The average Bonchev–Trinajstić information content (AvgIpc) is 3.80. The second kappa shape index (κ2) is 15.1. The molecule has 0 spiro atoms. The quantitative estimate of drug-likeness (QED) is 0.0983. The van der Waals surface area contributed by atoms with Crippen LogP contribution in [0.25, 0.3) is 29.3 Å². The van der Waals surface area contributed by atoms with E-state index in [1.165, 1.54) is 83.7 Å². The van der Waals surface area contributed by atoms with Gasteiger partial charge in [0.15, 0.2) is 0 Å². The summed E-state index contributed by atoms with van der Waals surface area (Å²) < 4.78 is 3.40. The van der Waals surface area contributed by atoms with Crippen molar-refractivity contribution in [1.29, 1.82) is 0 Å². The minimum atomic E-state index is -2.11. The summed E-state index contributed by atoms with van der Waals surface area (Å²) in [4.78, 5) is 24.7. The van der Waals surface area contributed by atoms with Gasteiger partial charge in [-0.2, -0.15) is 0 Å². The van der Waals surface area contributed by atoms with Crippen molar-refractivity contribution >= 4 is 87.9 Å². The number of fused-ring (bicyclic) bond motifs is 3. The van der Waals surface area contributed by atoms with Gasteiger partial charge in [-0.25, -0.2) is 0 Å². The molecule has 246 valence electrons. The molecule has 4 aromatic heterocycles. The molecule has 0 aliphatic heterocycles. The van der Waals surface area contributed by atoms with Gasteiger partial charge in [-0.05, 0) is 0 Å². The van der Waals surface area contributed by atoms with Crippen molar-refractivity contribution in [2.45, 2.75) is 127 Å². The van der Waals surface area contributed by atoms with E-state index in [0.717, 1.165) is 11.8 Å². The fourth-order valence-electron chi connectivity index (χ4n) is 7.36. The van der Waals surface area contributed by atoms with Crippen molar-refractivity contribution in [1.82, 2.24) is 0 Å². The predicted octanol–water partition coefficient (Wildman–Crippen LogP) is 13.8. The number of rotatable bonds is 16. The van der Waals surface area contributed by atoms with E-state index in [0.29, 0.717) is 0 Å². The third-order valence-electron chi connectivity index (χ3n) is 10.2. The SMILES string of the molecule is CCCCC(CC)CC1(CC(CC)CCCC)c2cc(-c3cc[c]([Sn]([CH3])([CH3])[CH3])s3)sc2-c2sc(-c3cc[c]([Sn]([CH3])([CH3])[CH3])s3)cc21. The Kier molecular flexibility index (Phi) is 12.3. The molecule has 2 atom stereocenters. The van der Waals surface area contributed by atoms with E-state index in [1.807, 2.05) is 0 Å². The molecule has 1 aliphatic rings. The van der Waals surface area contributed by atoms with Crippen LogP contribution < -0.4 is 5.79 Å². The molecule has 2 unspecified atom stereocenters. The van der Waals surface area contributed by atoms with Crippen molar-refractivity contribution in [3.05, 3.63) is 47.5 Å². The predicted molar refractivity (Wildman–Crippen MR) is 217 cm³/mol. The Hall–Kier alpha value is 0.397. The Labute approximate surface area is 300 Å². The molecule has 4 aromatic rings. The molecular formula is C39H58S4Sn2. The van der Waals surface area contributed by atoms with Crippen LogP contribution >= 0.6 is 45.3 Å². The summed E-state index contributed by atoms with van der Waals surface area (Å²) in [5, 5.41) is 0. The molecule has 6 heteroatoms. The van der Waals surface area contributed by atoms with Crippen LogP contribution in [0.5, 0.6) is 0 Å². The van der Waals surface area contributed by atoms with Crippen molar-refractivity contribution in [3.8, 4) is 29.3 Å². The number of hydrogen-bond acceptors (Lipinski definition) is 4. The standard InChI is InChI=1S/C33H40S4.6CH3.2Sn/c1-5-9-13-23(7-3)21-33(22-24(8-4)14-10-6-2)25-19-29(27-15-11-17-34-27)36-31(25)32-26(33)20-30(37-32)28-16-12-18-35-28;;;;;;;;/h11-12,15-16,19-20,23-24H,5-10,13-14,21-22H2,1-4H3;6*1H3;;. The Morgan fingerprint density at radius 1 is 0.556 bits per heavy atom. The Balaban J connectivity index is 1.69. The van der Waals surface area contributed by atoms with Gasteiger partial charge < -0.3 is 0 Å². The van der Waals surface area contributed by atoms with Gasteiger partial charge in [0.05, 0.1) is 0 Å². The first-order valence-corrected chi connectivity index (χ1v) is 41.1. The van der Waals surface area contributed by atoms with Crippen molar-refractivity contribution < 1.29 is 0 Å². The number of hydrogen-bond donors (Lipinski definition) is 0. The summed E-state index contributed by atoms with van der Waals surface area (Å²) in [6, 6.07) is 15.3. The Morgan fingerprint density at radius 3 is 1.27 bits per heavy atom. The first-order chi connectivity index (χ1) is 21.3. The minimum absolute atomic E-state index is 0.143.